The molecule has 0 aromatic heterocycles. The maximum absolute atomic E-state index is 10.5. The third kappa shape index (κ3) is 1.13. The highest BCUT2D eigenvalue weighted by atomic mass is 16.3. The Bertz CT molecular complexity index is 185. The van der Waals surface area contributed by atoms with Crippen molar-refractivity contribution in [1.82, 2.24) is 4.90 Å². The third-order valence-corrected chi connectivity index (χ3v) is 1.11. The van der Waals surface area contributed by atoms with Crippen LogP contribution >= 0.6 is 0 Å². The van der Waals surface area contributed by atoms with Gasteiger partial charge in [0.25, 0.3) is 6.67 Å². The number of nitroso groups, excluding NO2 is 1. The lowest BCUT2D eigenvalue weighted by Gasteiger charge is -2.00. The molecule has 9 heavy (non-hydrogen) atoms. The van der Waals surface area contributed by atoms with Gasteiger partial charge in [-0.25, -0.2) is 0 Å². The molecule has 4 heteroatoms. The van der Waals surface area contributed by atoms with Crippen LogP contribution in [0.15, 0.2) is 12.4 Å². The Balaban J connectivity index is 2.60. The maximum atomic E-state index is 10.5. The van der Waals surface area contributed by atoms with Gasteiger partial charge in [-0.2, -0.15) is 0 Å². The van der Waals surface area contributed by atoms with E-state index in [2.05, 4.69) is 0 Å². The van der Waals surface area contributed by atoms with Gasteiger partial charge in [-0.1, -0.05) is 0 Å². The fourth-order valence-electron chi connectivity index (χ4n) is 0.604. The van der Waals surface area contributed by atoms with Crippen molar-refractivity contribution in [3.63, 3.8) is 0 Å². The zero-order valence-corrected chi connectivity index (χ0v) is 5.07. The van der Waals surface area contributed by atoms with E-state index in [-0.39, 0.29) is 12.6 Å². The minimum atomic E-state index is -0.107. The summed E-state index contributed by atoms with van der Waals surface area (Å²) in [6, 6.07) is 0. The summed E-state index contributed by atoms with van der Waals surface area (Å²) in [5.74, 6) is -0.107. The smallest absolute Gasteiger partial charge is 0.275 e. The van der Waals surface area contributed by atoms with Gasteiger partial charge in [0.2, 0.25) is 12.1 Å². The Morgan fingerprint density at radius 2 is 2.44 bits per heavy atom. The first-order valence-electron chi connectivity index (χ1n) is 2.59. The van der Waals surface area contributed by atoms with Crippen LogP contribution in [0.4, 0.5) is 0 Å². The first kappa shape index (κ1) is 5.94. The lowest BCUT2D eigenvalue weighted by Crippen LogP contribution is -2.23. The molecule has 0 saturated heterocycles. The highest BCUT2D eigenvalue weighted by Gasteiger charge is 2.20. The van der Waals surface area contributed by atoms with Crippen molar-refractivity contribution >= 4 is 5.91 Å². The van der Waals surface area contributed by atoms with E-state index in [0.29, 0.717) is 4.76 Å². The minimum absolute atomic E-state index is 0.107. The molecule has 0 atom stereocenters. The molecule has 0 N–H and O–H groups in total. The summed E-state index contributed by atoms with van der Waals surface area (Å²) in [7, 11) is 0. The molecule has 0 bridgehead atoms. The lowest BCUT2D eigenvalue weighted by molar-refractivity contribution is -0.482. The largest absolute Gasteiger partial charge is 0.278 e. The van der Waals surface area contributed by atoms with Crippen LogP contribution in [0.2, 0.25) is 0 Å². The minimum Gasteiger partial charge on any atom is -0.275 e. The number of hydrogen-bond donors (Lipinski definition) is 0. The highest BCUT2D eigenvalue weighted by Crippen LogP contribution is 1.98. The molecule has 1 aliphatic heterocycles. The van der Waals surface area contributed by atoms with Crippen molar-refractivity contribution in [2.75, 3.05) is 6.67 Å². The van der Waals surface area contributed by atoms with Gasteiger partial charge < -0.3 is 0 Å². The van der Waals surface area contributed by atoms with Gasteiger partial charge in [0, 0.05) is 11.8 Å². The Kier molecular flexibility index (Phi) is 1.30. The summed E-state index contributed by atoms with van der Waals surface area (Å²) < 4.78 is 0.696. The van der Waals surface area contributed by atoms with Gasteiger partial charge in [0.1, 0.15) is 0 Å². The summed E-state index contributed by atoms with van der Waals surface area (Å²) >= 11 is 0. The summed E-state index contributed by atoms with van der Waals surface area (Å²) in [5.41, 5.74) is 0. The Morgan fingerprint density at radius 3 is 2.67 bits per heavy atom. The van der Waals surface area contributed by atoms with Crippen LogP contribution in [0, 0.1) is 4.91 Å². The van der Waals surface area contributed by atoms with Crippen molar-refractivity contribution in [2.24, 2.45) is 0 Å². The van der Waals surface area contributed by atoms with Crippen LogP contribution in [-0.4, -0.2) is 22.2 Å². The summed E-state index contributed by atoms with van der Waals surface area (Å²) in [4.78, 5) is 22.2. The average molecular weight is 127 g/mol. The van der Waals surface area contributed by atoms with Gasteiger partial charge in [0.05, 0.1) is 11.0 Å². The van der Waals surface area contributed by atoms with E-state index in [1.807, 2.05) is 0 Å². The zero-order chi connectivity index (χ0) is 6.85. The predicted octanol–water partition coefficient (Wildman–Crippen LogP) is 0.0561. The fraction of sp³-hybridized carbons (Fsp3) is 0.400. The van der Waals surface area contributed by atoms with Gasteiger partial charge in [-0.05, 0) is 0 Å². The number of nitrogens with zero attached hydrogens (tertiary/aromatic N) is 2. The molecule has 0 spiro atoms. The predicted molar refractivity (Wildman–Crippen MR) is 30.2 cm³/mol. The van der Waals surface area contributed by atoms with Crippen LogP contribution in [0.3, 0.4) is 0 Å². The van der Waals surface area contributed by atoms with Gasteiger partial charge in [0.15, 0.2) is 0 Å². The average Bonchev–Trinajstić information content (AvgIpc) is 2.14. The third-order valence-electron chi connectivity index (χ3n) is 1.11. The second kappa shape index (κ2) is 1.97. The van der Waals surface area contributed by atoms with Gasteiger partial charge >= 0.3 is 0 Å². The van der Waals surface area contributed by atoms with E-state index >= 15 is 0 Å². The molecule has 1 aliphatic rings. The molecule has 1 rings (SSSR count). The van der Waals surface area contributed by atoms with E-state index in [1.54, 1.807) is 0 Å². The van der Waals surface area contributed by atoms with Gasteiger partial charge in [-0.15, -0.1) is 0 Å². The molecule has 0 saturated carbocycles. The number of rotatable bonds is 0. The molecule has 0 aliphatic carbocycles. The normalized spacial score (nSPS) is 17.0. The van der Waals surface area contributed by atoms with Crippen LogP contribution in [0.1, 0.15) is 6.92 Å². The van der Waals surface area contributed by atoms with E-state index in [0.717, 1.165) is 0 Å². The lowest BCUT2D eigenvalue weighted by atomic mass is 10.6. The van der Waals surface area contributed by atoms with E-state index in [1.165, 1.54) is 24.2 Å². The van der Waals surface area contributed by atoms with Crippen LogP contribution in [0.5, 0.6) is 0 Å². The van der Waals surface area contributed by atoms with Crippen molar-refractivity contribution in [3.8, 4) is 0 Å². The van der Waals surface area contributed by atoms with Crippen molar-refractivity contribution in [3.05, 3.63) is 17.3 Å². The van der Waals surface area contributed by atoms with Crippen LogP contribution in [0.25, 0.3) is 0 Å². The number of carbonyl (C=O) groups is 1. The van der Waals surface area contributed by atoms with E-state index < -0.39 is 0 Å². The molecule has 1 amide bonds. The molecule has 4 nitrogen and oxygen atoms in total. The first-order chi connectivity index (χ1) is 4.20. The Morgan fingerprint density at radius 1 is 1.78 bits per heavy atom. The summed E-state index contributed by atoms with van der Waals surface area (Å²) in [6.07, 6.45) is 2.79. The Labute approximate surface area is 52.3 Å². The molecular formula is C5H7N2O2+. The van der Waals surface area contributed by atoms with Crippen molar-refractivity contribution in [2.45, 2.75) is 6.92 Å². The second-order valence-electron chi connectivity index (χ2n) is 1.85. The number of amides is 1. The fourth-order valence-corrected chi connectivity index (χ4v) is 0.604. The molecule has 0 aromatic carbocycles. The van der Waals surface area contributed by atoms with Crippen molar-refractivity contribution < 1.29 is 9.55 Å². The van der Waals surface area contributed by atoms with Crippen LogP contribution < -0.4 is 0 Å². The quantitative estimate of drug-likeness (QED) is 0.431. The van der Waals surface area contributed by atoms with Crippen LogP contribution in [-0.2, 0) is 4.79 Å². The van der Waals surface area contributed by atoms with Gasteiger partial charge in [-0.3, -0.25) is 9.69 Å². The summed E-state index contributed by atoms with van der Waals surface area (Å²) in [5, 5.41) is 0. The van der Waals surface area contributed by atoms with E-state index in [9.17, 15) is 9.70 Å². The molecule has 1 heterocycles. The topological polar surface area (TPSA) is 40.4 Å². The SMILES string of the molecule is CC(=O)N1C=C[N+](=O)C1. The molecule has 0 unspecified atom stereocenters. The molecule has 0 radical (unpaired) electrons. The number of carbonyl (C=O) groups excluding carboxylic acids is 1. The van der Waals surface area contributed by atoms with Crippen molar-refractivity contribution in [1.29, 1.82) is 0 Å². The summed E-state index contributed by atoms with van der Waals surface area (Å²) in [6.45, 7) is 1.55. The maximum Gasteiger partial charge on any atom is 0.278 e. The number of hydrogen-bond acceptors (Lipinski definition) is 2. The molecule has 48 valence electrons. The standard InChI is InChI=1S/C5H7N2O2/c1-5(8)6-2-3-7(9)4-6/h2-3H,4H2,1H3/q+1. The highest BCUT2D eigenvalue weighted by molar-refractivity contribution is 5.74. The molecule has 0 fully saturated rings. The Hall–Kier alpha value is -1.19. The first-order valence-corrected chi connectivity index (χ1v) is 2.59. The molecule has 0 aromatic rings. The second-order valence-corrected chi connectivity index (χ2v) is 1.85. The molecular weight excluding hydrogens is 120 g/mol. The zero-order valence-electron chi connectivity index (χ0n) is 5.07. The monoisotopic (exact) mass is 127 g/mol. The van der Waals surface area contributed by atoms with E-state index in [4.69, 9.17) is 0 Å².